The van der Waals surface area contributed by atoms with Gasteiger partial charge >= 0.3 is 6.18 Å². The van der Waals surface area contributed by atoms with Crippen LogP contribution in [0.25, 0.3) is 0 Å². The molecule has 0 aliphatic heterocycles. The van der Waals surface area contributed by atoms with Crippen molar-refractivity contribution < 1.29 is 27.5 Å². The molecule has 3 aromatic carbocycles. The number of ether oxygens (including phenoxy) is 1. The van der Waals surface area contributed by atoms with E-state index in [-0.39, 0.29) is 24.2 Å². The zero-order chi connectivity index (χ0) is 27.8. The van der Waals surface area contributed by atoms with E-state index in [4.69, 9.17) is 4.74 Å². The van der Waals surface area contributed by atoms with Crippen LogP contribution in [0.15, 0.2) is 84.2 Å². The van der Waals surface area contributed by atoms with Gasteiger partial charge in [0.2, 0.25) is 5.91 Å². The van der Waals surface area contributed by atoms with Gasteiger partial charge in [0.15, 0.2) is 5.13 Å². The van der Waals surface area contributed by atoms with Crippen LogP contribution in [0.2, 0.25) is 0 Å². The van der Waals surface area contributed by atoms with Crippen molar-refractivity contribution >= 4 is 34.0 Å². The fraction of sp³-hybridized carbons (Fsp3) is 0.179. The second-order valence-corrected chi connectivity index (χ2v) is 9.38. The third-order valence-electron chi connectivity index (χ3n) is 5.70. The van der Waals surface area contributed by atoms with Gasteiger partial charge in [0.25, 0.3) is 5.91 Å². The molecule has 4 aromatic rings. The molecule has 0 radical (unpaired) electrons. The average molecular weight is 555 g/mol. The van der Waals surface area contributed by atoms with Gasteiger partial charge in [0, 0.05) is 24.0 Å². The van der Waals surface area contributed by atoms with Gasteiger partial charge in [-0.05, 0) is 47.5 Å². The molecule has 11 heteroatoms. The van der Waals surface area contributed by atoms with E-state index in [1.807, 2.05) is 42.5 Å². The topological polar surface area (TPSA) is 92.3 Å². The molecule has 3 N–H and O–H groups in total. The van der Waals surface area contributed by atoms with E-state index in [2.05, 4.69) is 20.9 Å². The Labute approximate surface area is 227 Å². The molecule has 0 spiro atoms. The van der Waals surface area contributed by atoms with Gasteiger partial charge in [-0.3, -0.25) is 9.59 Å². The third kappa shape index (κ3) is 7.81. The first-order chi connectivity index (χ1) is 18.7. The Morgan fingerprint density at radius 3 is 2.38 bits per heavy atom. The number of hydrogen-bond donors (Lipinski definition) is 3. The van der Waals surface area contributed by atoms with E-state index in [1.54, 1.807) is 24.6 Å². The quantitative estimate of drug-likeness (QED) is 0.238. The molecule has 0 fully saturated rings. The van der Waals surface area contributed by atoms with Crippen molar-refractivity contribution in [2.45, 2.75) is 25.2 Å². The Kier molecular flexibility index (Phi) is 8.82. The highest BCUT2D eigenvalue weighted by atomic mass is 32.1. The SMILES string of the molecule is COc1ccc(Nc2nc(C(=O)N[C@H](Cc3ccccc3)C(=O)NCc3cccc(C(F)(F)F)c3)cs2)cc1. The Morgan fingerprint density at radius 1 is 0.974 bits per heavy atom. The maximum Gasteiger partial charge on any atom is 0.416 e. The minimum atomic E-state index is -4.49. The minimum Gasteiger partial charge on any atom is -0.497 e. The van der Waals surface area contributed by atoms with E-state index in [9.17, 15) is 22.8 Å². The maximum absolute atomic E-state index is 13.1. The van der Waals surface area contributed by atoms with Gasteiger partial charge in [0.05, 0.1) is 12.7 Å². The number of benzene rings is 3. The van der Waals surface area contributed by atoms with Crippen LogP contribution in [-0.2, 0) is 23.9 Å². The van der Waals surface area contributed by atoms with E-state index < -0.39 is 29.6 Å². The number of alkyl halides is 3. The van der Waals surface area contributed by atoms with E-state index in [0.29, 0.717) is 10.9 Å². The van der Waals surface area contributed by atoms with E-state index in [1.165, 1.54) is 23.5 Å². The van der Waals surface area contributed by atoms with Gasteiger partial charge in [-0.25, -0.2) is 4.98 Å². The molecule has 0 aliphatic rings. The largest absolute Gasteiger partial charge is 0.497 e. The van der Waals surface area contributed by atoms with Crippen LogP contribution in [0, 0.1) is 0 Å². The fourth-order valence-electron chi connectivity index (χ4n) is 3.69. The molecule has 1 aromatic heterocycles. The lowest BCUT2D eigenvalue weighted by Gasteiger charge is -2.18. The van der Waals surface area contributed by atoms with Gasteiger partial charge in [0.1, 0.15) is 17.5 Å². The number of nitrogens with one attached hydrogen (secondary N) is 3. The summed E-state index contributed by atoms with van der Waals surface area (Å²) in [7, 11) is 1.57. The monoisotopic (exact) mass is 554 g/mol. The lowest BCUT2D eigenvalue weighted by Crippen LogP contribution is -2.48. The van der Waals surface area contributed by atoms with Crippen LogP contribution >= 0.6 is 11.3 Å². The molecule has 1 atom stereocenters. The van der Waals surface area contributed by atoms with Crippen LogP contribution in [0.1, 0.15) is 27.2 Å². The first kappa shape index (κ1) is 27.6. The number of carbonyl (C=O) groups excluding carboxylic acids is 2. The molecular formula is C28H25F3N4O3S. The second-order valence-electron chi connectivity index (χ2n) is 8.52. The van der Waals surface area contributed by atoms with Crippen molar-refractivity contribution in [2.24, 2.45) is 0 Å². The van der Waals surface area contributed by atoms with Crippen LogP contribution in [0.3, 0.4) is 0 Å². The summed E-state index contributed by atoms with van der Waals surface area (Å²) in [6, 6.07) is 20.0. The smallest absolute Gasteiger partial charge is 0.416 e. The van der Waals surface area contributed by atoms with Gasteiger partial charge < -0.3 is 20.7 Å². The number of methoxy groups -OCH3 is 1. The maximum atomic E-state index is 13.1. The summed E-state index contributed by atoms with van der Waals surface area (Å²) < 4.78 is 44.3. The molecule has 0 aliphatic carbocycles. The Bertz CT molecular complexity index is 1410. The first-order valence-electron chi connectivity index (χ1n) is 11.9. The lowest BCUT2D eigenvalue weighted by atomic mass is 10.0. The minimum absolute atomic E-state index is 0.125. The Morgan fingerprint density at radius 2 is 1.69 bits per heavy atom. The predicted molar refractivity (Wildman–Crippen MR) is 143 cm³/mol. The summed E-state index contributed by atoms with van der Waals surface area (Å²) in [6.45, 7) is -0.128. The van der Waals surface area contributed by atoms with E-state index >= 15 is 0 Å². The molecule has 202 valence electrons. The molecule has 0 saturated heterocycles. The number of carbonyl (C=O) groups is 2. The van der Waals surface area contributed by atoms with Crippen molar-refractivity contribution in [2.75, 3.05) is 12.4 Å². The van der Waals surface area contributed by atoms with Crippen LogP contribution in [0.4, 0.5) is 24.0 Å². The van der Waals surface area contributed by atoms with Crippen molar-refractivity contribution in [1.29, 1.82) is 0 Å². The second kappa shape index (κ2) is 12.4. The number of rotatable bonds is 10. The highest BCUT2D eigenvalue weighted by Gasteiger charge is 2.30. The van der Waals surface area contributed by atoms with E-state index in [0.717, 1.165) is 23.4 Å². The summed E-state index contributed by atoms with van der Waals surface area (Å²) in [4.78, 5) is 30.4. The zero-order valence-corrected chi connectivity index (χ0v) is 21.6. The van der Waals surface area contributed by atoms with Crippen molar-refractivity contribution in [1.82, 2.24) is 15.6 Å². The summed E-state index contributed by atoms with van der Waals surface area (Å²) in [5, 5.41) is 10.5. The number of nitrogens with zero attached hydrogens (tertiary/aromatic N) is 1. The fourth-order valence-corrected chi connectivity index (χ4v) is 4.41. The first-order valence-corrected chi connectivity index (χ1v) is 12.7. The number of anilines is 2. The molecule has 1 heterocycles. The summed E-state index contributed by atoms with van der Waals surface area (Å²) in [5.41, 5.74) is 1.17. The number of thiazole rings is 1. The molecule has 7 nitrogen and oxygen atoms in total. The molecule has 0 unspecified atom stereocenters. The van der Waals surface area contributed by atoms with Crippen molar-refractivity contribution in [3.8, 4) is 5.75 Å². The average Bonchev–Trinajstić information content (AvgIpc) is 3.40. The standard InChI is InChI=1S/C28H25F3N4O3S/c1-38-22-12-10-21(11-13-22)33-27-35-24(17-39-27)26(37)34-23(15-18-6-3-2-4-7-18)25(36)32-16-19-8-5-9-20(14-19)28(29,30)31/h2-14,17,23H,15-16H2,1H3,(H,32,36)(H,33,35)(H,34,37)/t23-/m1/s1. The lowest BCUT2D eigenvalue weighted by molar-refractivity contribution is -0.137. The van der Waals surface area contributed by atoms with Gasteiger partial charge in [-0.2, -0.15) is 13.2 Å². The Hall–Kier alpha value is -4.38. The zero-order valence-electron chi connectivity index (χ0n) is 20.8. The van der Waals surface area contributed by atoms with Crippen molar-refractivity contribution in [3.05, 3.63) is 107 Å². The number of halogens is 3. The number of hydrogen-bond acceptors (Lipinski definition) is 6. The van der Waals surface area contributed by atoms with Gasteiger partial charge in [-0.1, -0.05) is 42.5 Å². The molecule has 0 saturated carbocycles. The predicted octanol–water partition coefficient (Wildman–Crippen LogP) is 5.57. The van der Waals surface area contributed by atoms with Crippen molar-refractivity contribution in [3.63, 3.8) is 0 Å². The highest BCUT2D eigenvalue weighted by molar-refractivity contribution is 7.14. The van der Waals surface area contributed by atoms with Crippen LogP contribution < -0.4 is 20.7 Å². The molecule has 4 rings (SSSR count). The molecular weight excluding hydrogens is 529 g/mol. The summed E-state index contributed by atoms with van der Waals surface area (Å²) >= 11 is 1.23. The van der Waals surface area contributed by atoms with Gasteiger partial charge in [-0.15, -0.1) is 11.3 Å². The number of amides is 2. The molecule has 39 heavy (non-hydrogen) atoms. The molecule has 0 bridgehead atoms. The third-order valence-corrected chi connectivity index (χ3v) is 6.46. The summed E-state index contributed by atoms with van der Waals surface area (Å²) in [6.07, 6.45) is -4.31. The highest BCUT2D eigenvalue weighted by Crippen LogP contribution is 2.29. The van der Waals surface area contributed by atoms with Crippen LogP contribution in [-0.4, -0.2) is 29.9 Å². The summed E-state index contributed by atoms with van der Waals surface area (Å²) in [5.74, 6) is -0.379. The molecule has 2 amide bonds. The van der Waals surface area contributed by atoms with Crippen LogP contribution in [0.5, 0.6) is 5.75 Å². The Balaban J connectivity index is 1.44. The number of aromatic nitrogens is 1. The normalized spacial score (nSPS) is 11.9.